The number of hydrogen-bond acceptors (Lipinski definition) is 1. The van der Waals surface area contributed by atoms with Crippen molar-refractivity contribution in [2.24, 2.45) is 0 Å². The molecule has 0 bridgehead atoms. The molecule has 2 aliphatic rings. The van der Waals surface area contributed by atoms with Gasteiger partial charge in [-0.25, -0.2) is 0 Å². The number of aryl methyl sites for hydroxylation is 1. The highest BCUT2D eigenvalue weighted by Crippen LogP contribution is 2.19. The Labute approximate surface area is 140 Å². The van der Waals surface area contributed by atoms with Gasteiger partial charge in [0.1, 0.15) is 0 Å². The highest BCUT2D eigenvalue weighted by Gasteiger charge is 2.03. The van der Waals surface area contributed by atoms with Crippen molar-refractivity contribution >= 4 is 5.69 Å². The largest absolute Gasteiger partial charge is 0.345 e. The van der Waals surface area contributed by atoms with E-state index < -0.39 is 0 Å². The maximum Gasteiger partial charge on any atom is 0.0408 e. The SMILES string of the molecule is C1=CC=CCC=C1.Cc1ccc(N(C)C2=CC=CCC=C2)cc1. The summed E-state index contributed by atoms with van der Waals surface area (Å²) in [6, 6.07) is 8.59. The zero-order valence-corrected chi connectivity index (χ0v) is 14.0. The van der Waals surface area contributed by atoms with Crippen LogP contribution >= 0.6 is 0 Å². The molecule has 23 heavy (non-hydrogen) atoms. The van der Waals surface area contributed by atoms with Crippen LogP contribution in [0.15, 0.2) is 96.8 Å². The van der Waals surface area contributed by atoms with Crippen molar-refractivity contribution in [1.29, 1.82) is 0 Å². The molecule has 0 amide bonds. The van der Waals surface area contributed by atoms with Crippen molar-refractivity contribution in [2.75, 3.05) is 11.9 Å². The Hall–Kier alpha value is -2.54. The fourth-order valence-electron chi connectivity index (χ4n) is 2.23. The third kappa shape index (κ3) is 5.99. The minimum Gasteiger partial charge on any atom is -0.345 e. The van der Waals surface area contributed by atoms with Gasteiger partial charge >= 0.3 is 0 Å². The van der Waals surface area contributed by atoms with E-state index >= 15 is 0 Å². The van der Waals surface area contributed by atoms with Crippen LogP contribution in [0.1, 0.15) is 18.4 Å². The average molecular weight is 303 g/mol. The summed E-state index contributed by atoms with van der Waals surface area (Å²) in [4.78, 5) is 2.20. The molecule has 0 aliphatic heterocycles. The van der Waals surface area contributed by atoms with E-state index in [9.17, 15) is 0 Å². The smallest absolute Gasteiger partial charge is 0.0408 e. The van der Waals surface area contributed by atoms with Crippen molar-refractivity contribution in [3.8, 4) is 0 Å². The summed E-state index contributed by atoms with van der Waals surface area (Å²) >= 11 is 0. The van der Waals surface area contributed by atoms with Crippen molar-refractivity contribution in [1.82, 2.24) is 0 Å². The summed E-state index contributed by atoms with van der Waals surface area (Å²) in [6.45, 7) is 2.11. The molecule has 0 radical (unpaired) electrons. The Morgan fingerprint density at radius 2 is 1.35 bits per heavy atom. The lowest BCUT2D eigenvalue weighted by Gasteiger charge is -2.20. The van der Waals surface area contributed by atoms with Crippen molar-refractivity contribution in [3.05, 3.63) is 102 Å². The number of allylic oxidation sites excluding steroid dienone is 11. The summed E-state index contributed by atoms with van der Waals surface area (Å²) < 4.78 is 0. The molecule has 0 spiro atoms. The Bertz CT molecular complexity index is 638. The number of benzene rings is 1. The Morgan fingerprint density at radius 1 is 0.739 bits per heavy atom. The van der Waals surface area contributed by atoms with Crippen molar-refractivity contribution < 1.29 is 0 Å². The van der Waals surface area contributed by atoms with E-state index in [1.54, 1.807) is 0 Å². The lowest BCUT2D eigenvalue weighted by Crippen LogP contribution is -2.14. The normalized spacial score (nSPS) is 15.3. The van der Waals surface area contributed by atoms with Gasteiger partial charge in [-0.2, -0.15) is 0 Å². The number of anilines is 1. The van der Waals surface area contributed by atoms with Gasteiger partial charge in [-0.1, -0.05) is 72.4 Å². The number of likely N-dealkylation sites (N-methyl/N-ethyl adjacent to an activating group) is 1. The van der Waals surface area contributed by atoms with Gasteiger partial charge in [0.05, 0.1) is 0 Å². The number of nitrogens with zero attached hydrogens (tertiary/aromatic N) is 1. The fourth-order valence-corrected chi connectivity index (χ4v) is 2.23. The lowest BCUT2D eigenvalue weighted by atomic mass is 10.2. The molecule has 0 N–H and O–H groups in total. The standard InChI is InChI=1S/C15H17N.C7H8/c1-13-9-11-15(12-10-13)16(2)14-7-5-3-4-6-8-14;1-2-4-6-7-5-3-1/h3,5-12H,4H2,1-2H3;1-6H,7H2. The minimum atomic E-state index is 1.02. The van der Waals surface area contributed by atoms with E-state index in [0.29, 0.717) is 0 Å². The van der Waals surface area contributed by atoms with Crippen LogP contribution in [0.3, 0.4) is 0 Å². The van der Waals surface area contributed by atoms with E-state index in [-0.39, 0.29) is 0 Å². The maximum absolute atomic E-state index is 2.20. The molecular formula is C22H25N. The second-order valence-electron chi connectivity index (χ2n) is 5.53. The first kappa shape index (κ1) is 16.8. The maximum atomic E-state index is 2.20. The molecule has 1 nitrogen and oxygen atoms in total. The molecule has 0 fully saturated rings. The Balaban J connectivity index is 0.000000229. The van der Waals surface area contributed by atoms with Gasteiger partial charge in [-0.3, -0.25) is 0 Å². The molecule has 2 aliphatic carbocycles. The fraction of sp³-hybridized carbons (Fsp3) is 0.182. The Morgan fingerprint density at radius 3 is 2.04 bits per heavy atom. The molecule has 1 heteroatoms. The van der Waals surface area contributed by atoms with E-state index in [2.05, 4.69) is 97.8 Å². The molecule has 1 aromatic rings. The molecule has 3 rings (SSSR count). The van der Waals surface area contributed by atoms with Crippen LogP contribution in [-0.4, -0.2) is 7.05 Å². The summed E-state index contributed by atoms with van der Waals surface area (Å²) in [5.74, 6) is 0. The molecule has 0 heterocycles. The second-order valence-corrected chi connectivity index (χ2v) is 5.53. The van der Waals surface area contributed by atoms with Crippen LogP contribution in [0.4, 0.5) is 5.69 Å². The molecule has 1 aromatic carbocycles. The van der Waals surface area contributed by atoms with Gasteiger partial charge in [0.2, 0.25) is 0 Å². The van der Waals surface area contributed by atoms with Gasteiger partial charge < -0.3 is 4.90 Å². The van der Waals surface area contributed by atoms with Gasteiger partial charge in [0.15, 0.2) is 0 Å². The average Bonchev–Trinajstić information content (AvgIpc) is 3.03. The highest BCUT2D eigenvalue weighted by atomic mass is 15.1. The van der Waals surface area contributed by atoms with E-state index in [0.717, 1.165) is 12.8 Å². The van der Waals surface area contributed by atoms with Crippen molar-refractivity contribution in [2.45, 2.75) is 19.8 Å². The van der Waals surface area contributed by atoms with Crippen LogP contribution in [0.2, 0.25) is 0 Å². The van der Waals surface area contributed by atoms with Crippen LogP contribution in [0.5, 0.6) is 0 Å². The Kier molecular flexibility index (Phi) is 6.93. The lowest BCUT2D eigenvalue weighted by molar-refractivity contribution is 1.13. The van der Waals surface area contributed by atoms with Gasteiger partial charge in [-0.15, -0.1) is 0 Å². The van der Waals surface area contributed by atoms with Crippen LogP contribution in [0.25, 0.3) is 0 Å². The molecule has 118 valence electrons. The summed E-state index contributed by atoms with van der Waals surface area (Å²) in [5.41, 5.74) is 3.73. The number of hydrogen-bond donors (Lipinski definition) is 0. The molecule has 0 saturated carbocycles. The first-order valence-electron chi connectivity index (χ1n) is 8.09. The van der Waals surface area contributed by atoms with Crippen LogP contribution in [-0.2, 0) is 0 Å². The predicted octanol–water partition coefficient (Wildman–Crippen LogP) is 5.89. The first-order chi connectivity index (χ1) is 11.3. The zero-order chi connectivity index (χ0) is 16.3. The quantitative estimate of drug-likeness (QED) is 0.658. The summed E-state index contributed by atoms with van der Waals surface area (Å²) in [7, 11) is 2.10. The monoisotopic (exact) mass is 303 g/mol. The third-order valence-corrected chi connectivity index (χ3v) is 3.65. The molecular weight excluding hydrogens is 278 g/mol. The summed E-state index contributed by atoms with van der Waals surface area (Å²) in [5, 5.41) is 0. The van der Waals surface area contributed by atoms with Gasteiger partial charge in [0.25, 0.3) is 0 Å². The van der Waals surface area contributed by atoms with E-state index in [4.69, 9.17) is 0 Å². The minimum absolute atomic E-state index is 1.02. The van der Waals surface area contributed by atoms with E-state index in [1.165, 1.54) is 16.9 Å². The topological polar surface area (TPSA) is 3.24 Å². The van der Waals surface area contributed by atoms with Crippen LogP contribution in [0, 0.1) is 6.92 Å². The first-order valence-corrected chi connectivity index (χ1v) is 8.09. The third-order valence-electron chi connectivity index (χ3n) is 3.65. The van der Waals surface area contributed by atoms with Gasteiger partial charge in [0, 0.05) is 18.4 Å². The second kappa shape index (κ2) is 9.47. The van der Waals surface area contributed by atoms with E-state index in [1.807, 2.05) is 12.2 Å². The van der Waals surface area contributed by atoms with Gasteiger partial charge in [-0.05, 0) is 44.1 Å². The predicted molar refractivity (Wildman–Crippen MR) is 103 cm³/mol. The molecule has 0 saturated heterocycles. The van der Waals surface area contributed by atoms with Crippen molar-refractivity contribution in [3.63, 3.8) is 0 Å². The molecule has 0 unspecified atom stereocenters. The summed E-state index contributed by atoms with van der Waals surface area (Å²) in [6.07, 6.45) is 25.3. The molecule has 0 atom stereocenters. The number of rotatable bonds is 2. The highest BCUT2D eigenvalue weighted by molar-refractivity contribution is 5.55. The van der Waals surface area contributed by atoms with Crippen LogP contribution < -0.4 is 4.90 Å². The zero-order valence-electron chi connectivity index (χ0n) is 14.0. The molecule has 0 aromatic heterocycles.